The van der Waals surface area contributed by atoms with Gasteiger partial charge in [0.2, 0.25) is 0 Å². The molecule has 0 fully saturated rings. The second-order valence-corrected chi connectivity index (χ2v) is 2.76. The van der Waals surface area contributed by atoms with Crippen molar-refractivity contribution in [3.05, 3.63) is 0 Å². The predicted molar refractivity (Wildman–Crippen MR) is 45.2 cm³/mol. The van der Waals surface area contributed by atoms with Gasteiger partial charge in [0.1, 0.15) is 6.61 Å². The Balaban J connectivity index is 3.88. The maximum atomic E-state index is 10.0. The second-order valence-electron chi connectivity index (χ2n) is 2.35. The van der Waals surface area contributed by atoms with Gasteiger partial charge in [-0.2, -0.15) is 0 Å². The lowest BCUT2D eigenvalue weighted by atomic mass is 10.3. The summed E-state index contributed by atoms with van der Waals surface area (Å²) in [6.07, 6.45) is 0. The molecule has 0 aromatic rings. The molecule has 0 bridgehead atoms. The van der Waals surface area contributed by atoms with E-state index in [1.165, 1.54) is 0 Å². The van der Waals surface area contributed by atoms with Crippen LogP contribution in [0.1, 0.15) is 20.8 Å². The van der Waals surface area contributed by atoms with Gasteiger partial charge < -0.3 is 9.47 Å². The van der Waals surface area contributed by atoms with E-state index < -0.39 is 5.79 Å². The van der Waals surface area contributed by atoms with Crippen LogP contribution in [0.25, 0.3) is 0 Å². The maximum Gasteiger partial charge on any atom is 0.327 e. The van der Waals surface area contributed by atoms with Crippen molar-refractivity contribution in [3.8, 4) is 0 Å². The molecule has 5 heteroatoms. The Labute approximate surface area is 74.5 Å². The Hall–Kier alpha value is -0.0200. The van der Waals surface area contributed by atoms with Crippen LogP contribution in [-0.4, -0.2) is 25.6 Å². The van der Waals surface area contributed by atoms with Crippen LogP contribution in [-0.2, 0) is 18.6 Å². The van der Waals surface area contributed by atoms with Gasteiger partial charge in [-0.25, -0.2) is 4.57 Å². The van der Waals surface area contributed by atoms with Crippen LogP contribution < -0.4 is 0 Å². The van der Waals surface area contributed by atoms with Crippen molar-refractivity contribution in [2.24, 2.45) is 0 Å². The van der Waals surface area contributed by atoms with E-state index in [-0.39, 0.29) is 15.3 Å². The molecule has 0 amide bonds. The van der Waals surface area contributed by atoms with Crippen LogP contribution >= 0.6 is 8.69 Å². The van der Waals surface area contributed by atoms with E-state index in [1.54, 1.807) is 6.92 Å². The topological polar surface area (TPSA) is 44.8 Å². The molecular weight excluding hydrogens is 179 g/mol. The fourth-order valence-corrected chi connectivity index (χ4v) is 1.17. The van der Waals surface area contributed by atoms with Crippen LogP contribution in [0, 0.1) is 0 Å². The Bertz CT molecular complexity index is 123. The van der Waals surface area contributed by atoms with Crippen LogP contribution in [0.4, 0.5) is 0 Å². The van der Waals surface area contributed by atoms with Gasteiger partial charge in [-0.15, -0.1) is 0 Å². The average Bonchev–Trinajstić information content (AvgIpc) is 2.02. The van der Waals surface area contributed by atoms with Gasteiger partial charge in [0.05, 0.1) is 0 Å². The zero-order valence-electron chi connectivity index (χ0n) is 7.70. The van der Waals surface area contributed by atoms with E-state index in [0.717, 1.165) is 0 Å². The minimum atomic E-state index is -0.777. The Morgan fingerprint density at radius 3 is 2.08 bits per heavy atom. The first-order valence-electron chi connectivity index (χ1n) is 3.91. The van der Waals surface area contributed by atoms with Crippen molar-refractivity contribution >= 4 is 8.69 Å². The summed E-state index contributed by atoms with van der Waals surface area (Å²) < 4.78 is 25.3. The summed E-state index contributed by atoms with van der Waals surface area (Å²) in [4.78, 5) is 0. The molecule has 4 nitrogen and oxygen atoms in total. The molecule has 0 aliphatic rings. The summed E-state index contributed by atoms with van der Waals surface area (Å²) in [6, 6.07) is 0. The Morgan fingerprint density at radius 1 is 1.25 bits per heavy atom. The predicted octanol–water partition coefficient (Wildman–Crippen LogP) is 2.00. The van der Waals surface area contributed by atoms with Crippen LogP contribution in [0.2, 0.25) is 0 Å². The monoisotopic (exact) mass is 194 g/mol. The quantitative estimate of drug-likeness (QED) is 0.459. The van der Waals surface area contributed by atoms with Crippen LogP contribution in [0.5, 0.6) is 0 Å². The zero-order valence-corrected chi connectivity index (χ0v) is 8.60. The van der Waals surface area contributed by atoms with Crippen molar-refractivity contribution in [3.63, 3.8) is 0 Å². The zero-order chi connectivity index (χ0) is 9.45. The highest BCUT2D eigenvalue weighted by molar-refractivity contribution is 7.17. The summed E-state index contributed by atoms with van der Waals surface area (Å²) in [5.74, 6) is -0.777. The highest BCUT2D eigenvalue weighted by atomic mass is 31.1. The number of ether oxygens (including phenoxy) is 2. The van der Waals surface area contributed by atoms with Gasteiger partial charge in [-0.05, 0) is 20.8 Å². The summed E-state index contributed by atoms with van der Waals surface area (Å²) >= 11 is 0. The molecule has 0 aromatic heterocycles. The Morgan fingerprint density at radius 2 is 1.75 bits per heavy atom. The van der Waals surface area contributed by atoms with E-state index in [1.807, 2.05) is 13.8 Å². The number of hydrogen-bond donors (Lipinski definition) is 0. The lowest BCUT2D eigenvalue weighted by Gasteiger charge is -2.27. The van der Waals surface area contributed by atoms with Crippen molar-refractivity contribution in [1.82, 2.24) is 0 Å². The fraction of sp³-hybridized carbons (Fsp3) is 1.00. The molecule has 0 saturated heterocycles. The normalized spacial score (nSPS) is 12.2. The third-order valence-electron chi connectivity index (χ3n) is 1.28. The van der Waals surface area contributed by atoms with Crippen LogP contribution in [0.15, 0.2) is 0 Å². The van der Waals surface area contributed by atoms with Gasteiger partial charge in [-0.1, -0.05) is 0 Å². The Kier molecular flexibility index (Phi) is 6.48. The molecular formula is C7H15O4P. The van der Waals surface area contributed by atoms with Crippen molar-refractivity contribution < 1.29 is 18.6 Å². The number of rotatable bonds is 7. The van der Waals surface area contributed by atoms with Crippen molar-refractivity contribution in [2.45, 2.75) is 26.6 Å². The molecule has 0 heterocycles. The lowest BCUT2D eigenvalue weighted by Crippen LogP contribution is -2.36. The molecule has 12 heavy (non-hydrogen) atoms. The largest absolute Gasteiger partial charge is 0.348 e. The first kappa shape index (κ1) is 12.0. The van der Waals surface area contributed by atoms with Gasteiger partial charge in [0, 0.05) is 13.2 Å². The average molecular weight is 194 g/mol. The van der Waals surface area contributed by atoms with E-state index in [9.17, 15) is 4.57 Å². The van der Waals surface area contributed by atoms with Gasteiger partial charge in [0.15, 0.2) is 5.79 Å². The molecule has 0 radical (unpaired) electrons. The van der Waals surface area contributed by atoms with E-state index in [2.05, 4.69) is 4.52 Å². The first-order chi connectivity index (χ1) is 5.68. The summed E-state index contributed by atoms with van der Waals surface area (Å²) in [5.41, 5.74) is 0. The molecule has 0 saturated carbocycles. The minimum absolute atomic E-state index is 0.166. The smallest absolute Gasteiger partial charge is 0.327 e. The standard InChI is InChI=1S/C7H15O4P/c1-4-9-7(3,10-5-2)6-11-12-8/h4-6H2,1-3H3. The highest BCUT2D eigenvalue weighted by Crippen LogP contribution is 2.15. The van der Waals surface area contributed by atoms with Gasteiger partial charge >= 0.3 is 8.69 Å². The summed E-state index contributed by atoms with van der Waals surface area (Å²) in [5, 5.41) is 0. The lowest BCUT2D eigenvalue weighted by molar-refractivity contribution is -0.233. The second kappa shape index (κ2) is 6.49. The fourth-order valence-electron chi connectivity index (χ4n) is 0.879. The molecule has 0 spiro atoms. The molecule has 72 valence electrons. The highest BCUT2D eigenvalue weighted by Gasteiger charge is 2.25. The molecule has 0 aliphatic heterocycles. The molecule has 0 N–H and O–H groups in total. The summed E-state index contributed by atoms with van der Waals surface area (Å²) in [6.45, 7) is 6.73. The third kappa shape index (κ3) is 4.78. The van der Waals surface area contributed by atoms with Gasteiger partial charge in [0.25, 0.3) is 0 Å². The van der Waals surface area contributed by atoms with E-state index in [4.69, 9.17) is 9.47 Å². The van der Waals surface area contributed by atoms with Gasteiger partial charge in [-0.3, -0.25) is 4.52 Å². The molecule has 0 unspecified atom stereocenters. The van der Waals surface area contributed by atoms with Crippen molar-refractivity contribution in [1.29, 1.82) is 0 Å². The third-order valence-corrected chi connectivity index (χ3v) is 1.51. The van der Waals surface area contributed by atoms with Crippen LogP contribution in [0.3, 0.4) is 0 Å². The molecule has 0 atom stereocenters. The minimum Gasteiger partial charge on any atom is -0.348 e. The van der Waals surface area contributed by atoms with E-state index in [0.29, 0.717) is 13.2 Å². The maximum absolute atomic E-state index is 10.0. The van der Waals surface area contributed by atoms with Crippen molar-refractivity contribution in [2.75, 3.05) is 19.8 Å². The molecule has 0 rings (SSSR count). The molecule has 0 aromatic carbocycles. The first-order valence-corrected chi connectivity index (χ1v) is 4.64. The molecule has 0 aliphatic carbocycles. The summed E-state index contributed by atoms with van der Waals surface area (Å²) in [7, 11) is -0.350. The van der Waals surface area contributed by atoms with E-state index >= 15 is 0 Å². The number of hydrogen-bond acceptors (Lipinski definition) is 4. The SMILES string of the molecule is CCOC(C)(COP=O)OCC.